The van der Waals surface area contributed by atoms with Gasteiger partial charge in [0.2, 0.25) is 0 Å². The molecule has 3 rings (SSSR count). The molecule has 0 aromatic heterocycles. The fraction of sp³-hybridized carbons (Fsp3) is 0.0323. The highest BCUT2D eigenvalue weighted by atomic mass is 32.1. The molecule has 0 N–H and O–H groups in total. The largest absolute Gasteiger partial charge is 0.151 e. The third kappa shape index (κ3) is 6.89. The first-order valence-corrected chi connectivity index (χ1v) is 11.7. The van der Waals surface area contributed by atoms with Crippen molar-refractivity contribution >= 4 is 47.5 Å². The van der Waals surface area contributed by atoms with Crippen LogP contribution in [0.25, 0.3) is 22.3 Å². The minimum atomic E-state index is 0.946. The van der Waals surface area contributed by atoms with Crippen molar-refractivity contribution in [2.24, 2.45) is 0 Å². The van der Waals surface area contributed by atoms with Gasteiger partial charge in [0.05, 0.1) is 0 Å². The lowest BCUT2D eigenvalue weighted by Gasteiger charge is -2.10. The van der Waals surface area contributed by atoms with Crippen LogP contribution in [0, 0.1) is 6.92 Å². The first-order chi connectivity index (χ1) is 16.0. The van der Waals surface area contributed by atoms with Crippen molar-refractivity contribution in [1.29, 1.82) is 0 Å². The van der Waals surface area contributed by atoms with Crippen molar-refractivity contribution in [3.8, 4) is 0 Å². The zero-order valence-corrected chi connectivity index (χ0v) is 20.6. The minimum Gasteiger partial charge on any atom is -0.151 e. The Bertz CT molecular complexity index is 1250. The van der Waals surface area contributed by atoms with Gasteiger partial charge in [0.1, 0.15) is 0 Å². The average molecular weight is 465 g/mol. The van der Waals surface area contributed by atoms with Gasteiger partial charge in [-0.05, 0) is 92.7 Å². The van der Waals surface area contributed by atoms with Gasteiger partial charge >= 0.3 is 0 Å². The van der Waals surface area contributed by atoms with Gasteiger partial charge in [-0.2, -0.15) is 25.3 Å². The summed E-state index contributed by atoms with van der Waals surface area (Å²) in [6.07, 6.45) is 8.16. The predicted molar refractivity (Wildman–Crippen MR) is 154 cm³/mol. The maximum Gasteiger partial charge on any atom is -0.0173 e. The number of rotatable bonds is 8. The quantitative estimate of drug-likeness (QED) is 0.241. The molecule has 0 aliphatic carbocycles. The Morgan fingerprint density at radius 3 is 1.64 bits per heavy atom. The smallest absolute Gasteiger partial charge is 0.0173 e. The Kier molecular flexibility index (Phi) is 9.00. The van der Waals surface area contributed by atoms with Crippen LogP contribution >= 0.6 is 25.3 Å². The molecule has 33 heavy (non-hydrogen) atoms. The maximum absolute atomic E-state index is 4.33. The monoisotopic (exact) mass is 464 g/mol. The highest BCUT2D eigenvalue weighted by Gasteiger charge is 2.06. The summed E-state index contributed by atoms with van der Waals surface area (Å²) < 4.78 is 0. The standard InChI is InChI=1S/C31H28S2/c1-23-9-7-12-27(19-23)25(3)21-31(16-18-33)29-14-8-13-28(22-29)30(15-17-32)20-24(2)26-10-5-4-6-11-26/h4-22,32-33H,2-3H2,1H3/b17-15-,18-16-,30-20+,31-21+. The Hall–Kier alpha value is -3.20. The number of hydrogen-bond acceptors (Lipinski definition) is 2. The molecule has 0 saturated carbocycles. The molecule has 3 aromatic carbocycles. The van der Waals surface area contributed by atoms with Gasteiger partial charge in [0.15, 0.2) is 0 Å². The van der Waals surface area contributed by atoms with E-state index in [4.69, 9.17) is 0 Å². The summed E-state index contributed by atoms with van der Waals surface area (Å²) in [5, 5.41) is 3.50. The summed E-state index contributed by atoms with van der Waals surface area (Å²) >= 11 is 8.65. The van der Waals surface area contributed by atoms with Gasteiger partial charge in [-0.15, -0.1) is 0 Å². The van der Waals surface area contributed by atoms with E-state index in [1.165, 1.54) is 5.56 Å². The van der Waals surface area contributed by atoms with Gasteiger partial charge in [-0.1, -0.05) is 91.5 Å². The molecule has 0 saturated heterocycles. The van der Waals surface area contributed by atoms with Crippen LogP contribution in [0.1, 0.15) is 27.8 Å². The molecular weight excluding hydrogens is 436 g/mol. The molecule has 0 atom stereocenters. The van der Waals surface area contributed by atoms with Gasteiger partial charge in [0, 0.05) is 0 Å². The first-order valence-electron chi connectivity index (χ1n) is 10.7. The van der Waals surface area contributed by atoms with Crippen molar-refractivity contribution < 1.29 is 0 Å². The van der Waals surface area contributed by atoms with Crippen LogP contribution in [0.5, 0.6) is 0 Å². The number of thiol groups is 2. The Morgan fingerprint density at radius 2 is 1.09 bits per heavy atom. The van der Waals surface area contributed by atoms with Crippen LogP contribution in [0.4, 0.5) is 0 Å². The fourth-order valence-corrected chi connectivity index (χ4v) is 3.85. The predicted octanol–water partition coefficient (Wildman–Crippen LogP) is 9.08. The zero-order valence-electron chi connectivity index (χ0n) is 18.8. The van der Waals surface area contributed by atoms with Crippen LogP contribution in [-0.4, -0.2) is 0 Å². The van der Waals surface area contributed by atoms with E-state index >= 15 is 0 Å². The molecule has 0 bridgehead atoms. The van der Waals surface area contributed by atoms with E-state index in [0.717, 1.165) is 44.5 Å². The molecule has 2 heteroatoms. The Balaban J connectivity index is 2.00. The van der Waals surface area contributed by atoms with Crippen LogP contribution in [0.3, 0.4) is 0 Å². The van der Waals surface area contributed by atoms with Gasteiger partial charge in [0.25, 0.3) is 0 Å². The van der Waals surface area contributed by atoms with Crippen molar-refractivity contribution in [1.82, 2.24) is 0 Å². The van der Waals surface area contributed by atoms with E-state index < -0.39 is 0 Å². The van der Waals surface area contributed by atoms with E-state index in [-0.39, 0.29) is 0 Å². The number of allylic oxidation sites excluding steroid dienone is 8. The molecule has 0 spiro atoms. The van der Waals surface area contributed by atoms with E-state index in [1.807, 2.05) is 30.4 Å². The minimum absolute atomic E-state index is 0.946. The lowest BCUT2D eigenvalue weighted by molar-refractivity contribution is 1.45. The maximum atomic E-state index is 4.33. The summed E-state index contributed by atoms with van der Waals surface area (Å²) in [4.78, 5) is 0. The van der Waals surface area contributed by atoms with Gasteiger partial charge in [-0.25, -0.2) is 0 Å². The SMILES string of the molecule is C=C(/C=C(\C=C/S)c1cccc(C(/C=C\S)=C/C(=C)c2cccc(C)c2)c1)c1ccccc1. The Labute approximate surface area is 208 Å². The zero-order chi connectivity index (χ0) is 23.6. The molecule has 3 aromatic rings. The van der Waals surface area contributed by atoms with E-state index in [1.54, 1.807) is 10.8 Å². The lowest BCUT2D eigenvalue weighted by Crippen LogP contribution is -1.89. The summed E-state index contributed by atoms with van der Waals surface area (Å²) in [5.74, 6) is 0. The summed E-state index contributed by atoms with van der Waals surface area (Å²) in [5.41, 5.74) is 9.53. The number of aryl methyl sites for hydroxylation is 1. The fourth-order valence-electron chi connectivity index (χ4n) is 3.53. The van der Waals surface area contributed by atoms with Gasteiger partial charge < -0.3 is 0 Å². The molecule has 0 radical (unpaired) electrons. The van der Waals surface area contributed by atoms with Crippen molar-refractivity contribution in [3.05, 3.63) is 155 Å². The summed E-state index contributed by atoms with van der Waals surface area (Å²) in [7, 11) is 0. The molecule has 0 amide bonds. The number of hydrogen-bond donors (Lipinski definition) is 2. The van der Waals surface area contributed by atoms with Crippen LogP contribution in [0.15, 0.2) is 127 Å². The van der Waals surface area contributed by atoms with E-state index in [0.29, 0.717) is 0 Å². The molecule has 0 unspecified atom stereocenters. The topological polar surface area (TPSA) is 0 Å². The molecule has 0 heterocycles. The lowest BCUT2D eigenvalue weighted by atomic mass is 9.94. The molecule has 0 aliphatic heterocycles. The second-order valence-electron chi connectivity index (χ2n) is 7.70. The van der Waals surface area contributed by atoms with E-state index in [2.05, 4.69) is 118 Å². The van der Waals surface area contributed by atoms with Crippen LogP contribution in [-0.2, 0) is 0 Å². The molecule has 0 aliphatic rings. The van der Waals surface area contributed by atoms with E-state index in [9.17, 15) is 0 Å². The highest BCUT2D eigenvalue weighted by molar-refractivity contribution is 7.83. The summed E-state index contributed by atoms with van der Waals surface area (Å²) in [6.45, 7) is 10.6. The third-order valence-corrected chi connectivity index (χ3v) is 5.53. The summed E-state index contributed by atoms with van der Waals surface area (Å²) in [6, 6.07) is 27.0. The van der Waals surface area contributed by atoms with Crippen LogP contribution in [0.2, 0.25) is 0 Å². The Morgan fingerprint density at radius 1 is 0.606 bits per heavy atom. The first kappa shape index (κ1) is 24.4. The number of benzene rings is 3. The molecular formula is C31H28S2. The van der Waals surface area contributed by atoms with Crippen molar-refractivity contribution in [3.63, 3.8) is 0 Å². The van der Waals surface area contributed by atoms with Crippen molar-refractivity contribution in [2.75, 3.05) is 0 Å². The average Bonchev–Trinajstić information content (AvgIpc) is 2.84. The third-order valence-electron chi connectivity index (χ3n) is 5.23. The normalized spacial score (nSPS) is 12.5. The molecule has 164 valence electrons. The molecule has 0 fully saturated rings. The van der Waals surface area contributed by atoms with Crippen LogP contribution < -0.4 is 0 Å². The molecule has 0 nitrogen and oxygen atoms in total. The van der Waals surface area contributed by atoms with Gasteiger partial charge in [-0.3, -0.25) is 0 Å². The highest BCUT2D eigenvalue weighted by Crippen LogP contribution is 2.28. The van der Waals surface area contributed by atoms with Crippen molar-refractivity contribution in [2.45, 2.75) is 6.92 Å². The second-order valence-corrected chi connectivity index (χ2v) is 8.29. The second kappa shape index (κ2) is 12.2.